The zero-order valence-electron chi connectivity index (χ0n) is 15.0. The first-order chi connectivity index (χ1) is 11.3. The van der Waals surface area contributed by atoms with Gasteiger partial charge in [-0.25, -0.2) is 0 Å². The second-order valence-electron chi connectivity index (χ2n) is 6.62. The lowest BCUT2D eigenvalue weighted by molar-refractivity contribution is 0.836. The van der Waals surface area contributed by atoms with Crippen molar-refractivity contribution in [3.8, 4) is 0 Å². The molecule has 2 aromatic rings. The highest BCUT2D eigenvalue weighted by atomic mass is 32.1. The Bertz CT molecular complexity index is 648. The molecule has 1 aromatic heterocycles. The van der Waals surface area contributed by atoms with Gasteiger partial charge in [0.15, 0.2) is 0 Å². The second-order valence-corrected chi connectivity index (χ2v) is 13.4. The Morgan fingerprint density at radius 3 is 2.13 bits per heavy atom. The second kappa shape index (κ2) is 7.95. The predicted octanol–water partition coefficient (Wildman–Crippen LogP) is 6.51. The van der Waals surface area contributed by atoms with Crippen molar-refractivity contribution >= 4 is 47.2 Å². The molecule has 0 nitrogen and oxygen atoms in total. The summed E-state index contributed by atoms with van der Waals surface area (Å²) in [6.45, 7) is 9.03. The fourth-order valence-electron chi connectivity index (χ4n) is 3.99. The van der Waals surface area contributed by atoms with E-state index in [1.165, 1.54) is 38.0 Å². The Balaban J connectivity index is 0.000000753. The van der Waals surface area contributed by atoms with Gasteiger partial charge < -0.3 is 0 Å². The predicted molar refractivity (Wildman–Crippen MR) is 113 cm³/mol. The van der Waals surface area contributed by atoms with Crippen LogP contribution in [0, 0.1) is 0 Å². The van der Waals surface area contributed by atoms with Crippen LogP contribution in [0.15, 0.2) is 24.3 Å². The van der Waals surface area contributed by atoms with Crippen LogP contribution in [0.3, 0.4) is 0 Å². The van der Waals surface area contributed by atoms with Crippen molar-refractivity contribution in [2.75, 3.05) is 12.3 Å². The maximum absolute atomic E-state index is 2.51. The molecule has 4 atom stereocenters. The van der Waals surface area contributed by atoms with Crippen molar-refractivity contribution < 1.29 is 0 Å². The maximum atomic E-state index is 2.51. The van der Waals surface area contributed by atoms with Gasteiger partial charge in [0.25, 0.3) is 0 Å². The minimum absolute atomic E-state index is 0.106. The lowest BCUT2D eigenvalue weighted by atomic mass is 10.3. The highest BCUT2D eigenvalue weighted by Gasteiger charge is 2.34. The van der Waals surface area contributed by atoms with Crippen LogP contribution in [-0.4, -0.2) is 23.6 Å². The summed E-state index contributed by atoms with van der Waals surface area (Å²) in [5.41, 5.74) is 1.91. The van der Waals surface area contributed by atoms with Gasteiger partial charge in [0.2, 0.25) is 0 Å². The molecule has 2 aliphatic heterocycles. The van der Waals surface area contributed by atoms with E-state index in [4.69, 9.17) is 0 Å². The zero-order valence-corrected chi connectivity index (χ0v) is 17.6. The molecule has 0 saturated carbocycles. The molecule has 3 heteroatoms. The van der Waals surface area contributed by atoms with Crippen molar-refractivity contribution in [2.45, 2.75) is 64.7 Å². The quantitative estimate of drug-likeness (QED) is 0.533. The third kappa shape index (κ3) is 3.40. The van der Waals surface area contributed by atoms with Crippen LogP contribution < -0.4 is 9.92 Å². The lowest BCUT2D eigenvalue weighted by Crippen LogP contribution is -2.22. The average molecular weight is 364 g/mol. The van der Waals surface area contributed by atoms with Gasteiger partial charge in [-0.2, -0.15) is 0 Å². The molecule has 0 N–H and O–H groups in total. The monoisotopic (exact) mass is 364 g/mol. The number of fused-ring (bicyclic) bond motifs is 1. The van der Waals surface area contributed by atoms with Gasteiger partial charge in [-0.05, 0) is 55.4 Å². The molecule has 23 heavy (non-hydrogen) atoms. The van der Waals surface area contributed by atoms with Crippen LogP contribution in [0.4, 0.5) is 0 Å². The van der Waals surface area contributed by atoms with Gasteiger partial charge >= 0.3 is 0 Å². The molecule has 4 rings (SSSR count). The molecule has 0 spiro atoms. The van der Waals surface area contributed by atoms with E-state index in [0.717, 1.165) is 11.3 Å². The standard InChI is InChI=1S/C18H24P2S.C2H6/c1-13-7-5-11-19(13)17-15-9-3-4-10-16(15)21-18(17)20-12-6-8-14(20)2;1-2/h3-4,9-10,13-14H,5-8,11-12H2,1-2H3;1-2H3/t13-,14-,19?,20?;/m0./s1. The van der Waals surface area contributed by atoms with Crippen LogP contribution in [0.1, 0.15) is 53.4 Å². The third-order valence-corrected chi connectivity index (χ3v) is 13.5. The Hall–Kier alpha value is 0.0400. The molecular formula is C20H30P2S. The van der Waals surface area contributed by atoms with E-state index in [1.54, 1.807) is 10.1 Å². The number of hydrogen-bond donors (Lipinski definition) is 0. The molecule has 0 amide bonds. The Morgan fingerprint density at radius 2 is 1.52 bits per heavy atom. The first-order valence-electron chi connectivity index (χ1n) is 9.30. The maximum Gasteiger partial charge on any atom is 0.0370 e. The molecule has 1 aromatic carbocycles. The van der Waals surface area contributed by atoms with Crippen molar-refractivity contribution in [3.05, 3.63) is 24.3 Å². The van der Waals surface area contributed by atoms with E-state index in [1.807, 2.05) is 23.8 Å². The van der Waals surface area contributed by atoms with Crippen LogP contribution in [0.25, 0.3) is 10.1 Å². The molecule has 2 fully saturated rings. The summed E-state index contributed by atoms with van der Waals surface area (Å²) in [7, 11) is 0.237. The average Bonchev–Trinajstić information content (AvgIpc) is 3.27. The fraction of sp³-hybridized carbons (Fsp3) is 0.600. The van der Waals surface area contributed by atoms with E-state index in [0.29, 0.717) is 0 Å². The van der Waals surface area contributed by atoms with E-state index < -0.39 is 0 Å². The summed E-state index contributed by atoms with van der Waals surface area (Å²) >= 11 is 2.16. The topological polar surface area (TPSA) is 0 Å². The third-order valence-electron chi connectivity index (χ3n) is 5.21. The van der Waals surface area contributed by atoms with Crippen molar-refractivity contribution in [3.63, 3.8) is 0 Å². The van der Waals surface area contributed by atoms with Gasteiger partial charge in [-0.3, -0.25) is 0 Å². The normalized spacial score (nSPS) is 30.4. The van der Waals surface area contributed by atoms with Crippen molar-refractivity contribution in [1.29, 1.82) is 0 Å². The zero-order chi connectivity index (χ0) is 16.4. The van der Waals surface area contributed by atoms with Gasteiger partial charge in [-0.15, -0.1) is 11.3 Å². The smallest absolute Gasteiger partial charge is 0.0370 e. The van der Waals surface area contributed by atoms with E-state index in [9.17, 15) is 0 Å². The SMILES string of the molecule is CC.C[C@H]1CCCP1c1sc2ccccc2c1P1CCC[C@@H]1C. The summed E-state index contributed by atoms with van der Waals surface area (Å²) in [5.74, 6) is 0. The van der Waals surface area contributed by atoms with E-state index >= 15 is 0 Å². The van der Waals surface area contributed by atoms with Gasteiger partial charge in [0.1, 0.15) is 0 Å². The molecule has 126 valence electrons. The van der Waals surface area contributed by atoms with Crippen LogP contribution >= 0.6 is 27.2 Å². The number of benzene rings is 1. The van der Waals surface area contributed by atoms with Crippen LogP contribution in [-0.2, 0) is 0 Å². The summed E-state index contributed by atoms with van der Waals surface area (Å²) < 4.78 is 3.42. The molecule has 3 heterocycles. The Kier molecular flexibility index (Phi) is 6.17. The van der Waals surface area contributed by atoms with Crippen LogP contribution in [0.2, 0.25) is 0 Å². The van der Waals surface area contributed by atoms with Gasteiger partial charge in [-0.1, -0.05) is 61.7 Å². The van der Waals surface area contributed by atoms with Crippen LogP contribution in [0.5, 0.6) is 0 Å². The largest absolute Gasteiger partial charge is 0.135 e. The Labute approximate surface area is 148 Å². The molecule has 2 unspecified atom stereocenters. The first kappa shape index (κ1) is 17.8. The van der Waals surface area contributed by atoms with Gasteiger partial charge in [0, 0.05) is 20.0 Å². The molecular weight excluding hydrogens is 334 g/mol. The highest BCUT2D eigenvalue weighted by molar-refractivity contribution is 7.78. The Morgan fingerprint density at radius 1 is 0.913 bits per heavy atom. The fourth-order valence-corrected chi connectivity index (χ4v) is 13.1. The summed E-state index contributed by atoms with van der Waals surface area (Å²) in [6, 6.07) is 9.25. The molecule has 2 saturated heterocycles. The summed E-state index contributed by atoms with van der Waals surface area (Å²) in [5, 5.41) is 3.48. The van der Waals surface area contributed by atoms with Crippen molar-refractivity contribution in [2.24, 2.45) is 0 Å². The summed E-state index contributed by atoms with van der Waals surface area (Å²) in [6.07, 6.45) is 8.84. The van der Waals surface area contributed by atoms with E-state index in [2.05, 4.69) is 49.4 Å². The molecule has 0 aliphatic carbocycles. The van der Waals surface area contributed by atoms with Crippen molar-refractivity contribution in [1.82, 2.24) is 0 Å². The minimum atomic E-state index is 0.106. The number of thiophene rings is 1. The van der Waals surface area contributed by atoms with E-state index in [-0.39, 0.29) is 15.8 Å². The first-order valence-corrected chi connectivity index (χ1v) is 13.3. The lowest BCUT2D eigenvalue weighted by Gasteiger charge is -2.22. The minimum Gasteiger partial charge on any atom is -0.135 e. The molecule has 2 aliphatic rings. The molecule has 0 bridgehead atoms. The van der Waals surface area contributed by atoms with Gasteiger partial charge in [0.05, 0.1) is 0 Å². The highest BCUT2D eigenvalue weighted by Crippen LogP contribution is 2.56. The number of hydrogen-bond acceptors (Lipinski definition) is 1. The molecule has 0 radical (unpaired) electrons. The summed E-state index contributed by atoms with van der Waals surface area (Å²) in [4.78, 5) is 0. The number of rotatable bonds is 2.